The second-order valence-electron chi connectivity index (χ2n) is 10.5. The fraction of sp³-hybridized carbons (Fsp3) is 0.516. The number of nitrogens with zero attached hydrogens (tertiary/aromatic N) is 1. The molecule has 3 unspecified atom stereocenters. The van der Waals surface area contributed by atoms with Gasteiger partial charge in [0.2, 0.25) is 0 Å². The topological polar surface area (TPSA) is 24.9 Å². The molecular formula is C31H36F4N2. The van der Waals surface area contributed by atoms with Crippen LogP contribution in [0.1, 0.15) is 94.0 Å². The van der Waals surface area contributed by atoms with Gasteiger partial charge in [0.25, 0.3) is 0 Å². The number of alkyl halides is 3. The predicted molar refractivity (Wildman–Crippen MR) is 141 cm³/mol. The number of aromatic nitrogens is 1. The van der Waals surface area contributed by atoms with E-state index < -0.39 is 12.2 Å². The molecule has 0 aliphatic heterocycles. The van der Waals surface area contributed by atoms with Gasteiger partial charge in [0, 0.05) is 24.7 Å². The van der Waals surface area contributed by atoms with Gasteiger partial charge in [-0.25, -0.2) is 4.39 Å². The monoisotopic (exact) mass is 512 g/mol. The lowest BCUT2D eigenvalue weighted by Gasteiger charge is -2.29. The van der Waals surface area contributed by atoms with Gasteiger partial charge in [0.15, 0.2) is 0 Å². The highest BCUT2D eigenvalue weighted by Gasteiger charge is 2.36. The van der Waals surface area contributed by atoms with E-state index in [1.807, 2.05) is 18.2 Å². The summed E-state index contributed by atoms with van der Waals surface area (Å²) in [5, 5.41) is 2.52. The quantitative estimate of drug-likeness (QED) is 0.311. The molecule has 1 aromatic carbocycles. The first-order valence-electron chi connectivity index (χ1n) is 13.5. The Morgan fingerprint density at radius 1 is 1.14 bits per heavy atom. The molecule has 1 saturated carbocycles. The van der Waals surface area contributed by atoms with E-state index in [9.17, 15) is 17.6 Å². The average Bonchev–Trinajstić information content (AvgIpc) is 3.37. The zero-order chi connectivity index (χ0) is 26.6. The highest BCUT2D eigenvalue weighted by Crippen LogP contribution is 2.49. The van der Waals surface area contributed by atoms with Crippen LogP contribution in [0.2, 0.25) is 0 Å². The molecule has 0 spiro atoms. The van der Waals surface area contributed by atoms with Crippen LogP contribution in [0.25, 0.3) is 11.1 Å². The summed E-state index contributed by atoms with van der Waals surface area (Å²) in [6.07, 6.45) is 4.69. The van der Waals surface area contributed by atoms with Gasteiger partial charge in [-0.15, -0.1) is 0 Å². The molecule has 0 saturated heterocycles. The minimum absolute atomic E-state index is 0.0833. The molecule has 2 aliphatic carbocycles. The Kier molecular flexibility index (Phi) is 8.75. The van der Waals surface area contributed by atoms with E-state index in [0.717, 1.165) is 54.2 Å². The van der Waals surface area contributed by atoms with E-state index in [0.29, 0.717) is 17.4 Å². The van der Waals surface area contributed by atoms with Gasteiger partial charge in [0.05, 0.1) is 5.69 Å². The van der Waals surface area contributed by atoms with Gasteiger partial charge in [-0.2, -0.15) is 13.2 Å². The van der Waals surface area contributed by atoms with E-state index in [4.69, 9.17) is 4.98 Å². The molecule has 4 rings (SSSR count). The van der Waals surface area contributed by atoms with Gasteiger partial charge in [-0.3, -0.25) is 4.98 Å². The van der Waals surface area contributed by atoms with Crippen LogP contribution in [-0.2, 0) is 6.54 Å². The van der Waals surface area contributed by atoms with Crippen LogP contribution in [0.15, 0.2) is 36.5 Å². The molecular weight excluding hydrogens is 476 g/mol. The molecule has 1 fully saturated rings. The van der Waals surface area contributed by atoms with Crippen molar-refractivity contribution in [3.63, 3.8) is 0 Å². The smallest absolute Gasteiger partial charge is 0.302 e. The van der Waals surface area contributed by atoms with Crippen molar-refractivity contribution in [2.24, 2.45) is 11.8 Å². The van der Waals surface area contributed by atoms with Gasteiger partial charge in [-0.1, -0.05) is 63.5 Å². The van der Waals surface area contributed by atoms with Gasteiger partial charge in [-0.05, 0) is 78.0 Å². The SMILES string of the molecule is CCCC#CC1=C(c2ccc(CNC(C)C(F)(F)F)cn2)CC(C2CCCC2)C(C)c2cc(F)ccc21. The van der Waals surface area contributed by atoms with Crippen LogP contribution in [0.4, 0.5) is 17.6 Å². The standard InChI is InChI=1S/C31H36F4N2/c1-4-5-6-11-25-26-14-13-24(32)16-28(26)20(2)27(23-9-7-8-10-23)17-29(25)30-15-12-22(19-37-30)18-36-21(3)31(33,34)35/h12-16,19-21,23,27,36H,4-5,7-10,17-18H2,1-3H3. The van der Waals surface area contributed by atoms with Crippen LogP contribution in [0, 0.1) is 29.5 Å². The number of nitrogens with one attached hydrogen (secondary N) is 1. The fourth-order valence-corrected chi connectivity index (χ4v) is 5.75. The van der Waals surface area contributed by atoms with Crippen LogP contribution in [0.5, 0.6) is 0 Å². The van der Waals surface area contributed by atoms with Crippen LogP contribution in [-0.4, -0.2) is 17.2 Å². The van der Waals surface area contributed by atoms with Crippen molar-refractivity contribution in [1.82, 2.24) is 10.3 Å². The third kappa shape index (κ3) is 6.44. The first kappa shape index (κ1) is 27.4. The van der Waals surface area contributed by atoms with E-state index >= 15 is 0 Å². The molecule has 2 nitrogen and oxygen atoms in total. The molecule has 0 amide bonds. The summed E-state index contributed by atoms with van der Waals surface area (Å²) < 4.78 is 53.1. The molecule has 37 heavy (non-hydrogen) atoms. The molecule has 3 atom stereocenters. The number of fused-ring (bicyclic) bond motifs is 1. The predicted octanol–water partition coefficient (Wildman–Crippen LogP) is 8.29. The Hall–Kier alpha value is -2.65. The van der Waals surface area contributed by atoms with Gasteiger partial charge >= 0.3 is 6.18 Å². The van der Waals surface area contributed by atoms with Crippen molar-refractivity contribution >= 4 is 11.1 Å². The number of hydrogen-bond donors (Lipinski definition) is 1. The summed E-state index contributed by atoms with van der Waals surface area (Å²) in [6, 6.07) is 7.18. The lowest BCUT2D eigenvalue weighted by molar-refractivity contribution is -0.151. The first-order chi connectivity index (χ1) is 17.7. The Bertz CT molecular complexity index is 1160. The maximum absolute atomic E-state index is 14.5. The van der Waals surface area contributed by atoms with Crippen molar-refractivity contribution in [3.05, 3.63) is 64.7 Å². The number of hydrogen-bond acceptors (Lipinski definition) is 2. The second-order valence-corrected chi connectivity index (χ2v) is 10.5. The summed E-state index contributed by atoms with van der Waals surface area (Å²) in [5.41, 5.74) is 5.42. The lowest BCUT2D eigenvalue weighted by Crippen LogP contribution is -2.39. The van der Waals surface area contributed by atoms with Crippen molar-refractivity contribution in [2.45, 2.75) is 90.4 Å². The number of allylic oxidation sites excluding steroid dienone is 2. The van der Waals surface area contributed by atoms with E-state index in [-0.39, 0.29) is 18.3 Å². The second kappa shape index (κ2) is 11.8. The third-order valence-corrected chi connectivity index (χ3v) is 7.99. The van der Waals surface area contributed by atoms with Gasteiger partial charge in [0.1, 0.15) is 11.9 Å². The van der Waals surface area contributed by atoms with Crippen molar-refractivity contribution < 1.29 is 17.6 Å². The molecule has 198 valence electrons. The maximum Gasteiger partial charge on any atom is 0.403 e. The number of benzene rings is 1. The minimum atomic E-state index is -4.29. The highest BCUT2D eigenvalue weighted by atomic mass is 19.4. The molecule has 1 aromatic heterocycles. The molecule has 0 bridgehead atoms. The summed E-state index contributed by atoms with van der Waals surface area (Å²) in [6.45, 7) is 5.50. The lowest BCUT2D eigenvalue weighted by atomic mass is 9.75. The average molecular weight is 513 g/mol. The largest absolute Gasteiger partial charge is 0.403 e. The maximum atomic E-state index is 14.5. The normalized spacial score (nSPS) is 21.3. The Labute approximate surface area is 218 Å². The van der Waals surface area contributed by atoms with Crippen molar-refractivity contribution in [1.29, 1.82) is 0 Å². The van der Waals surface area contributed by atoms with E-state index in [2.05, 4.69) is 31.0 Å². The molecule has 6 heteroatoms. The van der Waals surface area contributed by atoms with E-state index in [1.54, 1.807) is 12.3 Å². The number of pyridine rings is 1. The van der Waals surface area contributed by atoms with E-state index in [1.165, 1.54) is 31.7 Å². The number of rotatable bonds is 6. The minimum Gasteiger partial charge on any atom is -0.302 e. The Balaban J connectivity index is 1.76. The third-order valence-electron chi connectivity index (χ3n) is 7.99. The molecule has 1 heterocycles. The highest BCUT2D eigenvalue weighted by molar-refractivity contribution is 5.99. The van der Waals surface area contributed by atoms with Crippen LogP contribution in [0.3, 0.4) is 0 Å². The summed E-state index contributed by atoms with van der Waals surface area (Å²) in [7, 11) is 0. The van der Waals surface area contributed by atoms with Crippen LogP contribution < -0.4 is 5.32 Å². The Morgan fingerprint density at radius 3 is 2.54 bits per heavy atom. The van der Waals surface area contributed by atoms with Crippen LogP contribution >= 0.6 is 0 Å². The summed E-state index contributed by atoms with van der Waals surface area (Å²) in [4.78, 5) is 4.72. The summed E-state index contributed by atoms with van der Waals surface area (Å²) >= 11 is 0. The first-order valence-corrected chi connectivity index (χ1v) is 13.5. The zero-order valence-corrected chi connectivity index (χ0v) is 21.9. The summed E-state index contributed by atoms with van der Waals surface area (Å²) in [5.74, 6) is 7.58. The molecule has 1 N–H and O–H groups in total. The van der Waals surface area contributed by atoms with Crippen molar-refractivity contribution in [3.8, 4) is 11.8 Å². The molecule has 2 aliphatic rings. The molecule has 0 radical (unpaired) electrons. The van der Waals surface area contributed by atoms with Gasteiger partial charge < -0.3 is 5.32 Å². The van der Waals surface area contributed by atoms with Crippen molar-refractivity contribution in [2.75, 3.05) is 0 Å². The number of unbranched alkanes of at least 4 members (excludes halogenated alkanes) is 1. The number of halogens is 4. The molecule has 2 aromatic rings. The Morgan fingerprint density at radius 2 is 1.89 bits per heavy atom. The zero-order valence-electron chi connectivity index (χ0n) is 21.9. The fourth-order valence-electron chi connectivity index (χ4n) is 5.75.